The number of hydrogen-bond donors (Lipinski definition) is 1. The van der Waals surface area contributed by atoms with Gasteiger partial charge in [-0.3, -0.25) is 4.72 Å². The molecule has 0 unspecified atom stereocenters. The Hall–Kier alpha value is -1.14. The molecule has 0 aliphatic carbocycles. The van der Waals surface area contributed by atoms with Crippen LogP contribution >= 0.6 is 11.6 Å². The van der Waals surface area contributed by atoms with Crippen LogP contribution < -0.4 is 14.2 Å². The molecule has 1 aliphatic heterocycles. The molecule has 0 saturated carbocycles. The minimum absolute atomic E-state index is 0.154. The van der Waals surface area contributed by atoms with Gasteiger partial charge in [-0.2, -0.15) is 0 Å². The Balaban J connectivity index is 2.24. The number of halogens is 1. The van der Waals surface area contributed by atoms with Gasteiger partial charge in [0.2, 0.25) is 16.8 Å². The zero-order valence-electron chi connectivity index (χ0n) is 7.57. The summed E-state index contributed by atoms with van der Waals surface area (Å²) in [6.07, 6.45) is 0. The van der Waals surface area contributed by atoms with Gasteiger partial charge in [-0.15, -0.1) is 11.6 Å². The summed E-state index contributed by atoms with van der Waals surface area (Å²) in [5.74, 6) is 1.12. The van der Waals surface area contributed by atoms with Gasteiger partial charge < -0.3 is 9.47 Å². The van der Waals surface area contributed by atoms with Crippen LogP contribution in [0.4, 0.5) is 5.69 Å². The van der Waals surface area contributed by atoms with E-state index in [4.69, 9.17) is 21.1 Å². The van der Waals surface area contributed by atoms with Gasteiger partial charge in [-0.05, 0) is 12.1 Å². The number of nitrogens with one attached hydrogen (secondary N) is 1. The fraction of sp³-hybridized carbons (Fsp3) is 0.250. The first-order valence-corrected chi connectivity index (χ1v) is 6.25. The Morgan fingerprint density at radius 3 is 2.80 bits per heavy atom. The molecule has 5 nitrogen and oxygen atoms in total. The van der Waals surface area contributed by atoms with Crippen LogP contribution in [-0.4, -0.2) is 20.4 Å². The summed E-state index contributed by atoms with van der Waals surface area (Å²) in [5.41, 5.74) is 0.403. The zero-order valence-corrected chi connectivity index (χ0v) is 9.14. The highest BCUT2D eigenvalue weighted by molar-refractivity contribution is 7.93. The number of rotatable bonds is 3. The van der Waals surface area contributed by atoms with Crippen molar-refractivity contribution in [2.24, 2.45) is 0 Å². The van der Waals surface area contributed by atoms with E-state index in [1.807, 2.05) is 0 Å². The van der Waals surface area contributed by atoms with Crippen molar-refractivity contribution < 1.29 is 17.9 Å². The third kappa shape index (κ3) is 2.27. The highest BCUT2D eigenvalue weighted by atomic mass is 35.5. The second kappa shape index (κ2) is 3.79. The van der Waals surface area contributed by atoms with Crippen molar-refractivity contribution in [1.29, 1.82) is 0 Å². The fourth-order valence-corrected chi connectivity index (χ4v) is 1.87. The topological polar surface area (TPSA) is 64.6 Å². The van der Waals surface area contributed by atoms with Crippen LogP contribution in [0.5, 0.6) is 11.5 Å². The van der Waals surface area contributed by atoms with Crippen molar-refractivity contribution in [3.63, 3.8) is 0 Å². The highest BCUT2D eigenvalue weighted by Crippen LogP contribution is 2.34. The van der Waals surface area contributed by atoms with E-state index in [2.05, 4.69) is 4.72 Å². The van der Waals surface area contributed by atoms with Gasteiger partial charge >= 0.3 is 0 Å². The maximum atomic E-state index is 11.2. The third-order valence-corrected chi connectivity index (χ3v) is 3.49. The minimum atomic E-state index is -3.47. The Morgan fingerprint density at radius 1 is 1.33 bits per heavy atom. The summed E-state index contributed by atoms with van der Waals surface area (Å²) < 4.78 is 34.8. The van der Waals surface area contributed by atoms with Gasteiger partial charge in [0.15, 0.2) is 11.5 Å². The minimum Gasteiger partial charge on any atom is -0.454 e. The first kappa shape index (κ1) is 10.4. The summed E-state index contributed by atoms with van der Waals surface area (Å²) in [6.45, 7) is 0.154. The molecule has 1 aromatic carbocycles. The van der Waals surface area contributed by atoms with Gasteiger partial charge in [0.25, 0.3) is 0 Å². The van der Waals surface area contributed by atoms with Crippen LogP contribution in [0, 0.1) is 0 Å². The van der Waals surface area contributed by atoms with Gasteiger partial charge in [0.05, 0.1) is 5.69 Å². The predicted molar refractivity (Wildman–Crippen MR) is 55.8 cm³/mol. The molecule has 1 aromatic rings. The van der Waals surface area contributed by atoms with Crippen molar-refractivity contribution >= 4 is 27.3 Å². The fourth-order valence-electron chi connectivity index (χ4n) is 1.17. The Kier molecular flexibility index (Phi) is 2.62. The van der Waals surface area contributed by atoms with Crippen LogP contribution in [0.15, 0.2) is 18.2 Å². The molecular weight excluding hydrogens is 242 g/mol. The molecule has 2 rings (SSSR count). The molecule has 1 heterocycles. The summed E-state index contributed by atoms with van der Waals surface area (Å²) in [5, 5.41) is -0.485. The first-order valence-electron chi connectivity index (χ1n) is 4.07. The highest BCUT2D eigenvalue weighted by Gasteiger charge is 2.15. The maximum absolute atomic E-state index is 11.2. The summed E-state index contributed by atoms with van der Waals surface area (Å²) in [6, 6.07) is 4.76. The lowest BCUT2D eigenvalue weighted by molar-refractivity contribution is 0.174. The van der Waals surface area contributed by atoms with Crippen molar-refractivity contribution in [2.45, 2.75) is 0 Å². The van der Waals surface area contributed by atoms with E-state index in [-0.39, 0.29) is 6.79 Å². The number of alkyl halides is 1. The standard InChI is InChI=1S/C8H8ClNO4S/c9-4-15(11,12)10-6-1-2-7-8(3-6)14-5-13-7/h1-3,10H,4-5H2. The molecular formula is C8H8ClNO4S. The Morgan fingerprint density at radius 2 is 2.07 bits per heavy atom. The largest absolute Gasteiger partial charge is 0.454 e. The quantitative estimate of drug-likeness (QED) is 0.822. The number of fused-ring (bicyclic) bond motifs is 1. The van der Waals surface area contributed by atoms with E-state index < -0.39 is 15.2 Å². The Labute approximate surface area is 92.0 Å². The molecule has 0 bridgehead atoms. The predicted octanol–water partition coefficient (Wildman–Crippen LogP) is 1.35. The van der Waals surface area contributed by atoms with Crippen molar-refractivity contribution in [3.8, 4) is 11.5 Å². The van der Waals surface area contributed by atoms with Crippen LogP contribution in [0.3, 0.4) is 0 Å². The number of anilines is 1. The number of sulfonamides is 1. The molecule has 0 atom stereocenters. The molecule has 0 radical (unpaired) electrons. The van der Waals surface area contributed by atoms with E-state index in [9.17, 15) is 8.42 Å². The normalized spacial score (nSPS) is 13.9. The molecule has 0 fully saturated rings. The van der Waals surface area contributed by atoms with Crippen LogP contribution in [-0.2, 0) is 10.0 Å². The summed E-state index contributed by atoms with van der Waals surface area (Å²) in [7, 11) is -3.47. The van der Waals surface area contributed by atoms with Crippen molar-refractivity contribution in [1.82, 2.24) is 0 Å². The first-order chi connectivity index (χ1) is 7.11. The average molecular weight is 250 g/mol. The molecule has 0 saturated heterocycles. The molecule has 0 spiro atoms. The smallest absolute Gasteiger partial charge is 0.246 e. The molecule has 15 heavy (non-hydrogen) atoms. The van der Waals surface area contributed by atoms with Crippen molar-refractivity contribution in [3.05, 3.63) is 18.2 Å². The third-order valence-electron chi connectivity index (χ3n) is 1.79. The van der Waals surface area contributed by atoms with Gasteiger partial charge in [-0.25, -0.2) is 8.42 Å². The van der Waals surface area contributed by atoms with Crippen LogP contribution in [0.25, 0.3) is 0 Å². The SMILES string of the molecule is O=S(=O)(CCl)Nc1ccc2c(c1)OCO2. The molecule has 0 amide bonds. The van der Waals surface area contributed by atoms with E-state index in [0.717, 1.165) is 0 Å². The lowest BCUT2D eigenvalue weighted by atomic mass is 10.3. The second-order valence-electron chi connectivity index (χ2n) is 2.89. The van der Waals surface area contributed by atoms with E-state index >= 15 is 0 Å². The second-order valence-corrected chi connectivity index (χ2v) is 5.20. The number of ether oxygens (including phenoxy) is 2. The van der Waals surface area contributed by atoms with E-state index in [1.165, 1.54) is 0 Å². The summed E-state index contributed by atoms with van der Waals surface area (Å²) >= 11 is 5.25. The lowest BCUT2D eigenvalue weighted by Crippen LogP contribution is -2.13. The molecule has 1 aliphatic rings. The summed E-state index contributed by atoms with van der Waals surface area (Å²) in [4.78, 5) is 0. The van der Waals surface area contributed by atoms with Crippen LogP contribution in [0.2, 0.25) is 0 Å². The van der Waals surface area contributed by atoms with Gasteiger partial charge in [0, 0.05) is 6.07 Å². The Bertz CT molecular complexity index is 474. The molecule has 82 valence electrons. The van der Waals surface area contributed by atoms with Gasteiger partial charge in [-0.1, -0.05) is 0 Å². The van der Waals surface area contributed by atoms with E-state index in [1.54, 1.807) is 18.2 Å². The molecule has 1 N–H and O–H groups in total. The maximum Gasteiger partial charge on any atom is 0.246 e. The molecule has 7 heteroatoms. The zero-order chi connectivity index (χ0) is 10.9. The monoisotopic (exact) mass is 249 g/mol. The lowest BCUT2D eigenvalue weighted by Gasteiger charge is -2.05. The van der Waals surface area contributed by atoms with E-state index in [0.29, 0.717) is 17.2 Å². The van der Waals surface area contributed by atoms with Crippen LogP contribution in [0.1, 0.15) is 0 Å². The van der Waals surface area contributed by atoms with Crippen molar-refractivity contribution in [2.75, 3.05) is 16.7 Å². The van der Waals surface area contributed by atoms with Gasteiger partial charge in [0.1, 0.15) is 5.21 Å². The molecule has 0 aromatic heterocycles. The number of benzene rings is 1. The average Bonchev–Trinajstić information content (AvgIpc) is 2.64. The number of hydrogen-bond acceptors (Lipinski definition) is 4.